The van der Waals surface area contributed by atoms with E-state index in [-0.39, 0.29) is 11.3 Å². The largest absolute Gasteiger partial charge is 0.359 e. The second-order valence-electron chi connectivity index (χ2n) is 9.14. The van der Waals surface area contributed by atoms with E-state index in [9.17, 15) is 9.59 Å². The van der Waals surface area contributed by atoms with E-state index in [0.29, 0.717) is 27.5 Å². The number of pyridine rings is 1. The fourth-order valence-corrected chi connectivity index (χ4v) is 5.37. The Morgan fingerprint density at radius 3 is 2.27 bits per heavy atom. The SMILES string of the molecule is C/C(Nc1ccccc1)=C1/C(=O)c2c(c3c(C)nn(-c4ccccc4)c3[nH]c2=O)C1c1ccc(Cl)cc1. The summed E-state index contributed by atoms with van der Waals surface area (Å²) in [6.07, 6.45) is 0. The number of Topliss-reactive ketones (excluding diaryl/α,β-unsaturated/α-hetero) is 1. The maximum absolute atomic E-state index is 14.0. The monoisotopic (exact) mass is 506 g/mol. The van der Waals surface area contributed by atoms with Crippen molar-refractivity contribution in [2.45, 2.75) is 19.8 Å². The molecule has 1 aliphatic carbocycles. The number of carbonyl (C=O) groups excluding carboxylic acids is 1. The topological polar surface area (TPSA) is 79.8 Å². The zero-order valence-electron chi connectivity index (χ0n) is 20.2. The predicted octanol–water partition coefficient (Wildman–Crippen LogP) is 6.39. The van der Waals surface area contributed by atoms with Gasteiger partial charge < -0.3 is 10.3 Å². The van der Waals surface area contributed by atoms with Crippen molar-refractivity contribution in [3.05, 3.63) is 134 Å². The lowest BCUT2D eigenvalue weighted by atomic mass is 9.87. The molecule has 6 rings (SSSR count). The van der Waals surface area contributed by atoms with Crippen molar-refractivity contribution in [1.29, 1.82) is 0 Å². The number of fused-ring (bicyclic) bond motifs is 3. The Balaban J connectivity index is 1.65. The number of benzene rings is 3. The molecule has 1 atom stereocenters. The van der Waals surface area contributed by atoms with E-state index in [1.807, 2.05) is 98.8 Å². The first kappa shape index (κ1) is 23.0. The number of aryl methyl sites for hydroxylation is 1. The highest BCUT2D eigenvalue weighted by Gasteiger charge is 2.42. The summed E-state index contributed by atoms with van der Waals surface area (Å²) < 4.78 is 1.73. The number of para-hydroxylation sites is 2. The van der Waals surface area contributed by atoms with Crippen LogP contribution in [0.25, 0.3) is 16.7 Å². The number of ketones is 1. The molecule has 2 aromatic heterocycles. The number of carbonyl (C=O) groups is 1. The van der Waals surface area contributed by atoms with Gasteiger partial charge >= 0.3 is 0 Å². The second-order valence-corrected chi connectivity index (χ2v) is 9.58. The van der Waals surface area contributed by atoms with Crippen LogP contribution < -0.4 is 10.9 Å². The van der Waals surface area contributed by atoms with Crippen LogP contribution in [-0.2, 0) is 0 Å². The van der Waals surface area contributed by atoms with E-state index in [1.165, 1.54) is 0 Å². The van der Waals surface area contributed by atoms with Crippen molar-refractivity contribution >= 4 is 34.1 Å². The predicted molar refractivity (Wildman–Crippen MR) is 147 cm³/mol. The van der Waals surface area contributed by atoms with Crippen molar-refractivity contribution in [3.8, 4) is 5.69 Å². The minimum Gasteiger partial charge on any atom is -0.359 e. The number of nitrogens with one attached hydrogen (secondary N) is 2. The van der Waals surface area contributed by atoms with Crippen LogP contribution in [0, 0.1) is 6.92 Å². The Labute approximate surface area is 218 Å². The molecule has 7 heteroatoms. The average molecular weight is 507 g/mol. The summed E-state index contributed by atoms with van der Waals surface area (Å²) in [6, 6.07) is 26.7. The van der Waals surface area contributed by atoms with E-state index in [4.69, 9.17) is 16.7 Å². The summed E-state index contributed by atoms with van der Waals surface area (Å²) in [6.45, 7) is 3.78. The molecule has 0 fully saturated rings. The van der Waals surface area contributed by atoms with Crippen LogP contribution in [0.1, 0.15) is 40.0 Å². The van der Waals surface area contributed by atoms with Gasteiger partial charge in [0.15, 0.2) is 5.78 Å². The number of anilines is 1. The maximum atomic E-state index is 14.0. The fraction of sp³-hybridized carbons (Fsp3) is 0.100. The Morgan fingerprint density at radius 2 is 1.59 bits per heavy atom. The number of H-pyrrole nitrogens is 1. The molecule has 0 amide bonds. The van der Waals surface area contributed by atoms with Crippen LogP contribution in [0.5, 0.6) is 0 Å². The standard InChI is InChI=1S/C30H23ClN4O2/c1-17(32-21-9-5-3-6-10-21)23-25(19-13-15-20(31)16-14-19)26-24-18(2)34-35(22-11-7-4-8-12-22)29(24)33-30(37)27(26)28(23)36/h3-16,25,32H,1-2H3,(H,33,37)/b23-17-. The Bertz CT molecular complexity index is 1750. The summed E-state index contributed by atoms with van der Waals surface area (Å²) in [5.74, 6) is -0.751. The molecule has 182 valence electrons. The van der Waals surface area contributed by atoms with Gasteiger partial charge in [-0.3, -0.25) is 9.59 Å². The summed E-state index contributed by atoms with van der Waals surface area (Å²) in [4.78, 5) is 30.4. The summed E-state index contributed by atoms with van der Waals surface area (Å²) in [7, 11) is 0. The van der Waals surface area contributed by atoms with E-state index >= 15 is 0 Å². The van der Waals surface area contributed by atoms with E-state index in [2.05, 4.69) is 10.3 Å². The minimum atomic E-state index is -0.465. The van der Waals surface area contributed by atoms with Crippen LogP contribution in [0.15, 0.2) is 101 Å². The lowest BCUT2D eigenvalue weighted by molar-refractivity contribution is 0.103. The molecule has 0 radical (unpaired) electrons. The van der Waals surface area contributed by atoms with Crippen LogP contribution in [0.3, 0.4) is 0 Å². The third-order valence-corrected chi connectivity index (χ3v) is 7.07. The quantitative estimate of drug-likeness (QED) is 0.277. The number of hydrogen-bond acceptors (Lipinski definition) is 4. The van der Waals surface area contributed by atoms with Crippen molar-refractivity contribution in [1.82, 2.24) is 14.8 Å². The van der Waals surface area contributed by atoms with Gasteiger partial charge in [0.05, 0.1) is 16.9 Å². The summed E-state index contributed by atoms with van der Waals surface area (Å²) in [5.41, 5.74) is 5.48. The number of allylic oxidation sites excluding steroid dienone is 2. The molecule has 5 aromatic rings. The molecule has 1 aliphatic rings. The Hall–Kier alpha value is -4.42. The highest BCUT2D eigenvalue weighted by Crippen LogP contribution is 2.46. The van der Waals surface area contributed by atoms with Crippen molar-refractivity contribution in [2.75, 3.05) is 5.32 Å². The van der Waals surface area contributed by atoms with Gasteiger partial charge in [0.1, 0.15) is 5.65 Å². The van der Waals surface area contributed by atoms with Gasteiger partial charge in [0.25, 0.3) is 5.56 Å². The van der Waals surface area contributed by atoms with Crippen LogP contribution in [0.4, 0.5) is 5.69 Å². The molecule has 3 aromatic carbocycles. The number of aromatic amines is 1. The van der Waals surface area contributed by atoms with Gasteiger partial charge in [-0.2, -0.15) is 5.10 Å². The molecule has 2 N–H and O–H groups in total. The molecule has 2 heterocycles. The van der Waals surface area contributed by atoms with Crippen molar-refractivity contribution in [2.24, 2.45) is 0 Å². The first-order valence-corrected chi connectivity index (χ1v) is 12.4. The number of hydrogen-bond donors (Lipinski definition) is 2. The fourth-order valence-electron chi connectivity index (χ4n) is 5.24. The average Bonchev–Trinajstić information content (AvgIpc) is 3.40. The lowest BCUT2D eigenvalue weighted by Gasteiger charge is -2.18. The van der Waals surface area contributed by atoms with Crippen LogP contribution in [-0.4, -0.2) is 20.5 Å². The minimum absolute atomic E-state index is 0.160. The lowest BCUT2D eigenvalue weighted by Crippen LogP contribution is -2.18. The zero-order chi connectivity index (χ0) is 25.7. The summed E-state index contributed by atoms with van der Waals surface area (Å²) >= 11 is 6.21. The highest BCUT2D eigenvalue weighted by molar-refractivity contribution is 6.30. The molecule has 0 aliphatic heterocycles. The number of aromatic nitrogens is 3. The first-order chi connectivity index (χ1) is 17.9. The van der Waals surface area contributed by atoms with Crippen molar-refractivity contribution < 1.29 is 4.79 Å². The first-order valence-electron chi connectivity index (χ1n) is 12.0. The molecule has 0 spiro atoms. The molecule has 1 unspecified atom stereocenters. The highest BCUT2D eigenvalue weighted by atomic mass is 35.5. The smallest absolute Gasteiger partial charge is 0.261 e. The van der Waals surface area contributed by atoms with Gasteiger partial charge in [-0.1, -0.05) is 60.1 Å². The van der Waals surface area contributed by atoms with Gasteiger partial charge in [-0.25, -0.2) is 4.68 Å². The van der Waals surface area contributed by atoms with E-state index in [0.717, 1.165) is 28.0 Å². The maximum Gasteiger partial charge on any atom is 0.261 e. The molecule has 0 bridgehead atoms. The van der Waals surface area contributed by atoms with Gasteiger partial charge in [0, 0.05) is 33.3 Å². The van der Waals surface area contributed by atoms with Gasteiger partial charge in [-0.05, 0) is 61.4 Å². The molecule has 0 saturated heterocycles. The zero-order valence-corrected chi connectivity index (χ0v) is 21.0. The molecule has 0 saturated carbocycles. The third-order valence-electron chi connectivity index (χ3n) is 6.82. The molecule has 6 nitrogen and oxygen atoms in total. The number of rotatable bonds is 4. The van der Waals surface area contributed by atoms with E-state index in [1.54, 1.807) is 4.68 Å². The van der Waals surface area contributed by atoms with Crippen LogP contribution >= 0.6 is 11.6 Å². The Kier molecular flexibility index (Phi) is 5.54. The normalized spacial score (nSPS) is 16.2. The molecular formula is C30H23ClN4O2. The van der Waals surface area contributed by atoms with Gasteiger partial charge in [-0.15, -0.1) is 0 Å². The summed E-state index contributed by atoms with van der Waals surface area (Å²) in [5, 5.41) is 9.51. The Morgan fingerprint density at radius 1 is 0.946 bits per heavy atom. The third kappa shape index (κ3) is 3.77. The van der Waals surface area contributed by atoms with Crippen molar-refractivity contribution in [3.63, 3.8) is 0 Å². The van der Waals surface area contributed by atoms with Gasteiger partial charge in [0.2, 0.25) is 0 Å². The number of nitrogens with zero attached hydrogens (tertiary/aromatic N) is 2. The second kappa shape index (κ2) is 8.91. The molecular weight excluding hydrogens is 484 g/mol. The van der Waals surface area contributed by atoms with E-state index < -0.39 is 11.5 Å². The molecule has 37 heavy (non-hydrogen) atoms. The number of halogens is 1. The van der Waals surface area contributed by atoms with Crippen LogP contribution in [0.2, 0.25) is 5.02 Å².